The third kappa shape index (κ3) is 29.5. The quantitative estimate of drug-likeness (QED) is 0.0262. The molecule has 0 aromatic rings. The van der Waals surface area contributed by atoms with Crippen LogP contribution in [-0.4, -0.2) is 266 Å². The minimum absolute atomic E-state index is 0.00935. The number of nitrogens with two attached hydrogens (primary N) is 1. The molecule has 0 aliphatic rings. The molecule has 0 aliphatic carbocycles. The molecule has 12 amide bonds. The molecule has 564 valence electrons. The Bertz CT molecular complexity index is 2620. The van der Waals surface area contributed by atoms with Crippen molar-refractivity contribution in [1.29, 1.82) is 0 Å². The number of carbonyl (C=O) groups excluding carboxylic acids is 12. The van der Waals surface area contributed by atoms with E-state index in [4.69, 9.17) is 19.9 Å². The molecule has 0 bridgehead atoms. The lowest BCUT2D eigenvalue weighted by atomic mass is 9.90. The largest absolute Gasteiger partial charge is 0.444 e. The fourth-order valence-electron chi connectivity index (χ4n) is 11.2. The van der Waals surface area contributed by atoms with E-state index in [1.54, 1.807) is 40.7 Å². The molecule has 29 nitrogen and oxygen atoms in total. The molecule has 0 fully saturated rings. The predicted octanol–water partition coefficient (Wildman–Crippen LogP) is 2.91. The second-order valence-corrected chi connectivity index (χ2v) is 28.6. The number of ether oxygens (including phenoxy) is 3. The van der Waals surface area contributed by atoms with E-state index in [9.17, 15) is 48.3 Å². The van der Waals surface area contributed by atoms with E-state index in [2.05, 4.69) is 26.6 Å². The lowest BCUT2D eigenvalue weighted by Gasteiger charge is -2.42. The molecule has 0 saturated heterocycles. The molecule has 8 N–H and O–H groups in total. The monoisotopic (exact) mass is 1390 g/mol. The van der Waals surface area contributed by atoms with Crippen molar-refractivity contribution in [3.05, 3.63) is 12.2 Å². The second-order valence-electron chi connectivity index (χ2n) is 28.6. The van der Waals surface area contributed by atoms with E-state index >= 15 is 14.4 Å². The average Bonchev–Trinajstić information content (AvgIpc) is 0.807. The molecule has 13 atom stereocenters. The normalized spacial score (nSPS) is 15.7. The number of alkyl carbamates (subject to hydrolysis) is 1. The van der Waals surface area contributed by atoms with Crippen molar-refractivity contribution >= 4 is 71.1 Å². The van der Waals surface area contributed by atoms with Gasteiger partial charge in [0, 0.05) is 69.7 Å². The number of allylic oxidation sites excluding steroid dienone is 2. The van der Waals surface area contributed by atoms with Crippen LogP contribution >= 0.6 is 0 Å². The van der Waals surface area contributed by atoms with Crippen LogP contribution in [0.5, 0.6) is 0 Å². The number of rotatable bonds is 43. The summed E-state index contributed by atoms with van der Waals surface area (Å²) in [5, 5.41) is 25.3. The van der Waals surface area contributed by atoms with E-state index in [0.717, 1.165) is 0 Å². The van der Waals surface area contributed by atoms with Crippen LogP contribution in [0.15, 0.2) is 12.2 Å². The van der Waals surface area contributed by atoms with Gasteiger partial charge < -0.3 is 80.6 Å². The summed E-state index contributed by atoms with van der Waals surface area (Å²) in [5.41, 5.74) is 5.31. The first-order valence-corrected chi connectivity index (χ1v) is 34.4. The second kappa shape index (κ2) is 44.2. The summed E-state index contributed by atoms with van der Waals surface area (Å²) < 4.78 is 15.8. The van der Waals surface area contributed by atoms with Gasteiger partial charge in [0.1, 0.15) is 67.2 Å². The van der Waals surface area contributed by atoms with Gasteiger partial charge in [0.05, 0.1) is 32.1 Å². The Morgan fingerprint density at radius 2 is 0.929 bits per heavy atom. The number of likely N-dealkylation sites (N-methyl/N-ethyl adjacent to an activating group) is 7. The summed E-state index contributed by atoms with van der Waals surface area (Å²) in [6, 6.07) is -11.8. The van der Waals surface area contributed by atoms with Crippen LogP contribution in [-0.2, 0) is 67.0 Å². The van der Waals surface area contributed by atoms with Gasteiger partial charge in [-0.15, -0.1) is 0 Å². The zero-order valence-electron chi connectivity index (χ0n) is 64.0. The molecule has 29 heteroatoms. The Hall–Kier alpha value is -6.98. The Kier molecular flexibility index (Phi) is 41.1. The van der Waals surface area contributed by atoms with Crippen LogP contribution in [0, 0.1) is 41.4 Å². The lowest BCUT2D eigenvalue weighted by molar-refractivity contribution is -0.156. The summed E-state index contributed by atoms with van der Waals surface area (Å²) in [4.78, 5) is 178. The zero-order valence-corrected chi connectivity index (χ0v) is 64.0. The van der Waals surface area contributed by atoms with Gasteiger partial charge in [-0.05, 0) is 101 Å². The molecule has 0 aromatic carbocycles. The Balaban J connectivity index is 7.03. The van der Waals surface area contributed by atoms with Crippen LogP contribution in [0.1, 0.15) is 163 Å². The van der Waals surface area contributed by atoms with E-state index in [0.29, 0.717) is 12.8 Å². The highest BCUT2D eigenvalue weighted by atomic mass is 16.6. The van der Waals surface area contributed by atoms with Crippen LogP contribution in [0.25, 0.3) is 0 Å². The van der Waals surface area contributed by atoms with E-state index < -0.39 is 162 Å². The van der Waals surface area contributed by atoms with Gasteiger partial charge in [0.2, 0.25) is 65.0 Å². The Labute approximate surface area is 584 Å². The average molecular weight is 1390 g/mol. The first kappa shape index (κ1) is 91.0. The SMILES string of the molecule is CC=CCC(C)C(O)C(CC(=O)NC(C(=O)N(C)C)C(C)OC(=O)NCOCCOCN)N(C)C(=O)C(C(C)C)N(C)C(=O)C(CC(C)C)N(C)C(=O)C(CC(C)C)N(C)C(=O)C(C)NC(=O)C(C)NC(=O)C(CC(C)C)N(C)C(=O)C(NC(=O)C(CC(C)C)N(C)C(C)=O)C(C)C. The van der Waals surface area contributed by atoms with Crippen molar-refractivity contribution in [2.45, 2.75) is 236 Å². The van der Waals surface area contributed by atoms with Gasteiger partial charge in [-0.1, -0.05) is 102 Å². The summed E-state index contributed by atoms with van der Waals surface area (Å²) in [7, 11) is 11.6. The summed E-state index contributed by atoms with van der Waals surface area (Å²) in [5.74, 6) is -8.69. The van der Waals surface area contributed by atoms with Crippen molar-refractivity contribution in [2.75, 3.05) is 83.1 Å². The zero-order chi connectivity index (χ0) is 76.1. The molecule has 0 spiro atoms. The number of nitrogens with one attached hydrogen (secondary N) is 5. The third-order valence-electron chi connectivity index (χ3n) is 17.3. The lowest BCUT2D eigenvalue weighted by Crippen LogP contribution is -2.61. The van der Waals surface area contributed by atoms with Gasteiger partial charge in [-0.3, -0.25) is 58.1 Å². The third-order valence-corrected chi connectivity index (χ3v) is 17.3. The number of amides is 12. The van der Waals surface area contributed by atoms with Crippen molar-refractivity contribution in [2.24, 2.45) is 47.2 Å². The number of nitrogens with zero attached hydrogens (tertiary/aromatic N) is 7. The fourth-order valence-corrected chi connectivity index (χ4v) is 11.2. The number of hydrogen-bond donors (Lipinski definition) is 7. The van der Waals surface area contributed by atoms with E-state index in [1.807, 2.05) is 68.4 Å². The first-order valence-electron chi connectivity index (χ1n) is 34.4. The van der Waals surface area contributed by atoms with Crippen LogP contribution in [0.3, 0.4) is 0 Å². The van der Waals surface area contributed by atoms with Gasteiger partial charge >= 0.3 is 6.09 Å². The molecule has 0 aromatic heterocycles. The molecular formula is C69H127N13O16. The number of carbonyl (C=O) groups is 12. The highest BCUT2D eigenvalue weighted by Gasteiger charge is 2.44. The van der Waals surface area contributed by atoms with Crippen molar-refractivity contribution in [3.8, 4) is 0 Å². The van der Waals surface area contributed by atoms with Gasteiger partial charge in [-0.2, -0.15) is 0 Å². The maximum atomic E-state index is 15.2. The van der Waals surface area contributed by atoms with Crippen molar-refractivity contribution < 1.29 is 76.9 Å². The van der Waals surface area contributed by atoms with Crippen LogP contribution in [0.4, 0.5) is 4.79 Å². The van der Waals surface area contributed by atoms with E-state index in [-0.39, 0.29) is 75.5 Å². The maximum absolute atomic E-state index is 15.2. The molecule has 0 radical (unpaired) electrons. The topological polar surface area (TPSA) is 362 Å². The van der Waals surface area contributed by atoms with Crippen LogP contribution < -0.4 is 32.3 Å². The fraction of sp³-hybridized carbons (Fsp3) is 0.797. The molecule has 98 heavy (non-hydrogen) atoms. The van der Waals surface area contributed by atoms with Crippen LogP contribution in [0.2, 0.25) is 0 Å². The molecule has 13 unspecified atom stereocenters. The Morgan fingerprint density at radius 3 is 1.39 bits per heavy atom. The van der Waals surface area contributed by atoms with Gasteiger partial charge in [-0.25, -0.2) is 4.79 Å². The van der Waals surface area contributed by atoms with E-state index in [1.165, 1.54) is 118 Å². The molecule has 0 aliphatic heterocycles. The predicted molar refractivity (Wildman–Crippen MR) is 374 cm³/mol. The minimum Gasteiger partial charge on any atom is -0.444 e. The highest BCUT2D eigenvalue weighted by Crippen LogP contribution is 2.26. The molecular weight excluding hydrogens is 1270 g/mol. The molecule has 0 saturated carbocycles. The Morgan fingerprint density at radius 1 is 0.480 bits per heavy atom. The van der Waals surface area contributed by atoms with Gasteiger partial charge in [0.15, 0.2) is 0 Å². The number of aliphatic hydroxyl groups is 1. The number of aliphatic hydroxyl groups excluding tert-OH is 1. The molecule has 0 rings (SSSR count). The van der Waals surface area contributed by atoms with Gasteiger partial charge in [0.25, 0.3) is 0 Å². The van der Waals surface area contributed by atoms with Crippen molar-refractivity contribution in [3.63, 3.8) is 0 Å². The maximum Gasteiger partial charge on any atom is 0.409 e. The smallest absolute Gasteiger partial charge is 0.409 e. The minimum atomic E-state index is -1.42. The van der Waals surface area contributed by atoms with Crippen molar-refractivity contribution in [1.82, 2.24) is 60.9 Å². The summed E-state index contributed by atoms with van der Waals surface area (Å²) in [6.07, 6.45) is 0.708. The highest BCUT2D eigenvalue weighted by molar-refractivity contribution is 5.98. The number of hydrogen-bond acceptors (Lipinski definition) is 17. The standard InChI is InChI=1S/C69H127N13O16/c1-27-28-29-45(14)59(85)50(36-55(84)74-57(66(92)76(19)20)48(17)98-69(95)71-38-97-31-30-96-37-70)78(22)68(94)58(44(12)13)82(26)65(91)54(35-42(8)9)81(25)64(90)53(34-41(6)7)80(24)63(89)47(16)73-60(86)46(15)72-61(87)52(33-40(4)5)79(23)67(93)56(43(10)11)75-62(88)51(32-39(2)3)77(21)49(18)83/h27-28,39-48,50-54,56-59,85H,29-38,70H2,1-26H3,(H,71,95)(H,72,87)(H,73,86)(H,74,84)(H,75,88). The summed E-state index contributed by atoms with van der Waals surface area (Å²) >= 11 is 0. The molecule has 0 heterocycles. The first-order chi connectivity index (χ1) is 45.3. The summed E-state index contributed by atoms with van der Waals surface area (Å²) in [6.45, 7) is 31.2.